The average Bonchev–Trinajstić information content (AvgIpc) is 2.45. The monoisotopic (exact) mass is 195 g/mol. The van der Waals surface area contributed by atoms with Gasteiger partial charge in [-0.05, 0) is 24.3 Å². The van der Waals surface area contributed by atoms with Gasteiger partial charge in [-0.3, -0.25) is 0 Å². The molecule has 0 saturated heterocycles. The third-order valence-corrected chi connectivity index (χ3v) is 4.06. The molecule has 0 aromatic carbocycles. The predicted octanol–water partition coefficient (Wildman–Crippen LogP) is 3.40. The first-order valence-electron chi connectivity index (χ1n) is 4.94. The van der Waals surface area contributed by atoms with Crippen LogP contribution in [0.15, 0.2) is 6.07 Å². The Morgan fingerprint density at radius 3 is 2.77 bits per heavy atom. The van der Waals surface area contributed by atoms with Crippen LogP contribution in [-0.2, 0) is 11.8 Å². The van der Waals surface area contributed by atoms with Crippen molar-refractivity contribution >= 4 is 17.0 Å². The van der Waals surface area contributed by atoms with Crippen LogP contribution in [0.4, 0.5) is 5.69 Å². The van der Waals surface area contributed by atoms with Crippen LogP contribution < -0.4 is 5.32 Å². The summed E-state index contributed by atoms with van der Waals surface area (Å²) < 4.78 is 0. The number of rotatable bonds is 0. The van der Waals surface area contributed by atoms with Gasteiger partial charge in [0.15, 0.2) is 0 Å². The maximum atomic E-state index is 3.47. The van der Waals surface area contributed by atoms with Crippen molar-refractivity contribution in [2.24, 2.45) is 0 Å². The van der Waals surface area contributed by atoms with Gasteiger partial charge in [0.2, 0.25) is 0 Å². The Morgan fingerprint density at radius 1 is 1.38 bits per heavy atom. The second kappa shape index (κ2) is 3.02. The van der Waals surface area contributed by atoms with Gasteiger partial charge in [0.05, 0.1) is 0 Å². The summed E-state index contributed by atoms with van der Waals surface area (Å²) in [7, 11) is 0. The van der Waals surface area contributed by atoms with Crippen molar-refractivity contribution in [3.05, 3.63) is 15.8 Å². The number of hydrogen-bond acceptors (Lipinski definition) is 2. The number of fused-ring (bicyclic) bond motifs is 1. The minimum atomic E-state index is 0.309. The standard InChI is InChI=1S/C11H17NS/c1-11(2,3)10-7-8-9(13-10)5-4-6-12-8/h7,12H,4-6H2,1-3H3. The molecule has 0 radical (unpaired) electrons. The van der Waals surface area contributed by atoms with Gasteiger partial charge < -0.3 is 5.32 Å². The molecule has 0 fully saturated rings. The van der Waals surface area contributed by atoms with Crippen molar-refractivity contribution in [2.45, 2.75) is 39.0 Å². The molecule has 1 aromatic heterocycles. The SMILES string of the molecule is CC(C)(C)c1cc2c(s1)CCCN2. The van der Waals surface area contributed by atoms with E-state index in [9.17, 15) is 0 Å². The fourth-order valence-corrected chi connectivity index (χ4v) is 2.84. The van der Waals surface area contributed by atoms with E-state index in [0.29, 0.717) is 5.41 Å². The smallest absolute Gasteiger partial charge is 0.0484 e. The highest BCUT2D eigenvalue weighted by molar-refractivity contribution is 7.12. The van der Waals surface area contributed by atoms with Crippen molar-refractivity contribution in [3.63, 3.8) is 0 Å². The fraction of sp³-hybridized carbons (Fsp3) is 0.636. The third kappa shape index (κ3) is 1.73. The predicted molar refractivity (Wildman–Crippen MR) is 59.8 cm³/mol. The lowest BCUT2D eigenvalue weighted by molar-refractivity contribution is 0.604. The molecule has 1 aliphatic rings. The van der Waals surface area contributed by atoms with Crippen molar-refractivity contribution in [3.8, 4) is 0 Å². The fourth-order valence-electron chi connectivity index (χ4n) is 1.61. The van der Waals surface area contributed by atoms with Gasteiger partial charge in [-0.15, -0.1) is 11.3 Å². The molecule has 0 amide bonds. The zero-order valence-electron chi connectivity index (χ0n) is 8.61. The van der Waals surface area contributed by atoms with E-state index < -0.39 is 0 Å². The first-order chi connectivity index (χ1) is 6.07. The summed E-state index contributed by atoms with van der Waals surface area (Å²) in [4.78, 5) is 3.06. The third-order valence-electron chi connectivity index (χ3n) is 2.44. The number of thiophene rings is 1. The molecule has 1 nitrogen and oxygen atoms in total. The first-order valence-corrected chi connectivity index (χ1v) is 5.76. The van der Waals surface area contributed by atoms with Crippen molar-refractivity contribution in [1.29, 1.82) is 0 Å². The molecule has 0 unspecified atom stereocenters. The number of aryl methyl sites for hydroxylation is 1. The lowest BCUT2D eigenvalue weighted by Gasteiger charge is -2.15. The zero-order valence-corrected chi connectivity index (χ0v) is 9.42. The second-order valence-corrected chi connectivity index (χ2v) is 5.86. The lowest BCUT2D eigenvalue weighted by Crippen LogP contribution is -2.09. The van der Waals surface area contributed by atoms with Gasteiger partial charge in [0, 0.05) is 22.0 Å². The van der Waals surface area contributed by atoms with E-state index in [-0.39, 0.29) is 0 Å². The molecule has 0 spiro atoms. The molecular weight excluding hydrogens is 178 g/mol. The number of anilines is 1. The molecule has 2 rings (SSSR count). The topological polar surface area (TPSA) is 12.0 Å². The van der Waals surface area contributed by atoms with Crippen LogP contribution in [0.25, 0.3) is 0 Å². The van der Waals surface area contributed by atoms with E-state index in [1.165, 1.54) is 23.4 Å². The maximum Gasteiger partial charge on any atom is 0.0484 e. The highest BCUT2D eigenvalue weighted by Crippen LogP contribution is 2.37. The van der Waals surface area contributed by atoms with Crippen LogP contribution >= 0.6 is 11.3 Å². The molecule has 1 aliphatic heterocycles. The highest BCUT2D eigenvalue weighted by atomic mass is 32.1. The van der Waals surface area contributed by atoms with Crippen LogP contribution in [0.2, 0.25) is 0 Å². The van der Waals surface area contributed by atoms with E-state index in [1.807, 2.05) is 11.3 Å². The largest absolute Gasteiger partial charge is 0.384 e. The molecule has 13 heavy (non-hydrogen) atoms. The van der Waals surface area contributed by atoms with Gasteiger partial charge in [-0.25, -0.2) is 0 Å². The summed E-state index contributed by atoms with van der Waals surface area (Å²) >= 11 is 1.98. The van der Waals surface area contributed by atoms with Gasteiger partial charge in [0.1, 0.15) is 0 Å². The molecule has 1 N–H and O–H groups in total. The molecule has 72 valence electrons. The molecule has 0 aliphatic carbocycles. The van der Waals surface area contributed by atoms with Crippen molar-refractivity contribution in [1.82, 2.24) is 0 Å². The molecule has 0 atom stereocenters. The Hall–Kier alpha value is -0.500. The summed E-state index contributed by atoms with van der Waals surface area (Å²) in [5, 5.41) is 3.47. The van der Waals surface area contributed by atoms with E-state index >= 15 is 0 Å². The minimum absolute atomic E-state index is 0.309. The van der Waals surface area contributed by atoms with E-state index in [4.69, 9.17) is 0 Å². The quantitative estimate of drug-likeness (QED) is 0.669. The normalized spacial score (nSPS) is 16.5. The molecule has 0 bridgehead atoms. The van der Waals surface area contributed by atoms with Crippen LogP contribution in [-0.4, -0.2) is 6.54 Å². The van der Waals surface area contributed by atoms with Crippen LogP contribution in [0.3, 0.4) is 0 Å². The Bertz CT molecular complexity index is 283. The van der Waals surface area contributed by atoms with E-state index in [0.717, 1.165) is 6.54 Å². The molecule has 2 heteroatoms. The lowest BCUT2D eigenvalue weighted by atomic mass is 9.94. The van der Waals surface area contributed by atoms with E-state index in [2.05, 4.69) is 32.2 Å². The summed E-state index contributed by atoms with van der Waals surface area (Å²) in [6, 6.07) is 2.33. The summed E-state index contributed by atoms with van der Waals surface area (Å²) in [5.74, 6) is 0. The highest BCUT2D eigenvalue weighted by Gasteiger charge is 2.20. The first kappa shape index (κ1) is 9.07. The van der Waals surface area contributed by atoms with Gasteiger partial charge in [0.25, 0.3) is 0 Å². The summed E-state index contributed by atoms with van der Waals surface area (Å²) in [6.07, 6.45) is 2.56. The van der Waals surface area contributed by atoms with Crippen LogP contribution in [0, 0.1) is 0 Å². The summed E-state index contributed by atoms with van der Waals surface area (Å²) in [5.41, 5.74) is 1.70. The van der Waals surface area contributed by atoms with Crippen LogP contribution in [0.1, 0.15) is 36.9 Å². The number of hydrogen-bond donors (Lipinski definition) is 1. The minimum Gasteiger partial charge on any atom is -0.384 e. The molecular formula is C11H17NS. The Labute approximate surface area is 84.2 Å². The van der Waals surface area contributed by atoms with Crippen molar-refractivity contribution < 1.29 is 0 Å². The van der Waals surface area contributed by atoms with Crippen LogP contribution in [0.5, 0.6) is 0 Å². The average molecular weight is 195 g/mol. The molecule has 1 aromatic rings. The Balaban J connectivity index is 2.36. The maximum absolute atomic E-state index is 3.47. The molecule has 0 saturated carbocycles. The Morgan fingerprint density at radius 2 is 2.15 bits per heavy atom. The van der Waals surface area contributed by atoms with Gasteiger partial charge >= 0.3 is 0 Å². The second-order valence-electron chi connectivity index (χ2n) is 4.73. The van der Waals surface area contributed by atoms with Gasteiger partial charge in [-0.2, -0.15) is 0 Å². The summed E-state index contributed by atoms with van der Waals surface area (Å²) in [6.45, 7) is 7.99. The number of nitrogens with one attached hydrogen (secondary N) is 1. The van der Waals surface area contributed by atoms with Crippen molar-refractivity contribution in [2.75, 3.05) is 11.9 Å². The van der Waals surface area contributed by atoms with E-state index in [1.54, 1.807) is 4.88 Å². The van der Waals surface area contributed by atoms with Gasteiger partial charge in [-0.1, -0.05) is 20.8 Å². The Kier molecular flexibility index (Phi) is 2.11. The molecule has 2 heterocycles. The zero-order chi connectivity index (χ0) is 9.47.